The summed E-state index contributed by atoms with van der Waals surface area (Å²) in [4.78, 5) is 0. The summed E-state index contributed by atoms with van der Waals surface area (Å²) in [5, 5.41) is 3.17. The number of hydrogen-bond acceptors (Lipinski definition) is 2. The summed E-state index contributed by atoms with van der Waals surface area (Å²) in [5.74, 6) is 0.613. The molecule has 0 saturated heterocycles. The maximum Gasteiger partial charge on any atom is 0.128 e. The summed E-state index contributed by atoms with van der Waals surface area (Å²) in [6.45, 7) is 2.00. The molecule has 2 aromatic rings. The minimum Gasteiger partial charge on any atom is -0.497 e. The van der Waals surface area contributed by atoms with Gasteiger partial charge in [-0.15, -0.1) is 0 Å². The predicted molar refractivity (Wildman–Crippen MR) is 75.0 cm³/mol. The Morgan fingerprint density at radius 2 is 1.84 bits per heavy atom. The third kappa shape index (κ3) is 2.76. The van der Waals surface area contributed by atoms with Crippen LogP contribution in [0, 0.1) is 12.7 Å². The maximum atomic E-state index is 13.9. The average molecular weight is 259 g/mol. The van der Waals surface area contributed by atoms with Gasteiger partial charge in [0, 0.05) is 5.56 Å². The molecule has 19 heavy (non-hydrogen) atoms. The number of ether oxygens (including phenoxy) is 1. The van der Waals surface area contributed by atoms with Crippen LogP contribution in [-0.2, 0) is 0 Å². The van der Waals surface area contributed by atoms with E-state index >= 15 is 0 Å². The Hall–Kier alpha value is -1.87. The molecule has 0 bridgehead atoms. The minimum atomic E-state index is -0.197. The Labute approximate surface area is 113 Å². The van der Waals surface area contributed by atoms with Gasteiger partial charge in [-0.05, 0) is 43.3 Å². The molecule has 0 aromatic heterocycles. The Kier molecular flexibility index (Phi) is 4.17. The van der Waals surface area contributed by atoms with Crippen molar-refractivity contribution < 1.29 is 9.13 Å². The topological polar surface area (TPSA) is 21.3 Å². The van der Waals surface area contributed by atoms with Gasteiger partial charge in [0.05, 0.1) is 13.2 Å². The van der Waals surface area contributed by atoms with E-state index in [1.54, 1.807) is 19.2 Å². The van der Waals surface area contributed by atoms with Crippen molar-refractivity contribution in [1.29, 1.82) is 0 Å². The highest BCUT2D eigenvalue weighted by Crippen LogP contribution is 2.28. The molecule has 2 nitrogen and oxygen atoms in total. The fraction of sp³-hybridized carbons (Fsp3) is 0.250. The van der Waals surface area contributed by atoms with Gasteiger partial charge in [0.25, 0.3) is 0 Å². The van der Waals surface area contributed by atoms with Crippen molar-refractivity contribution in [2.24, 2.45) is 0 Å². The Balaban J connectivity index is 2.46. The van der Waals surface area contributed by atoms with Gasteiger partial charge in [-0.1, -0.05) is 24.3 Å². The van der Waals surface area contributed by atoms with Crippen LogP contribution in [0.2, 0.25) is 0 Å². The fourth-order valence-corrected chi connectivity index (χ4v) is 2.29. The van der Waals surface area contributed by atoms with E-state index in [-0.39, 0.29) is 11.9 Å². The van der Waals surface area contributed by atoms with Crippen LogP contribution >= 0.6 is 0 Å². The number of hydrogen-bond donors (Lipinski definition) is 1. The van der Waals surface area contributed by atoms with Gasteiger partial charge < -0.3 is 10.1 Å². The van der Waals surface area contributed by atoms with E-state index in [9.17, 15) is 4.39 Å². The van der Waals surface area contributed by atoms with Gasteiger partial charge in [-0.3, -0.25) is 0 Å². The third-order valence-electron chi connectivity index (χ3n) is 3.29. The molecule has 3 heteroatoms. The quantitative estimate of drug-likeness (QED) is 0.908. The van der Waals surface area contributed by atoms with Crippen molar-refractivity contribution in [1.82, 2.24) is 5.32 Å². The average Bonchev–Trinajstić information content (AvgIpc) is 2.43. The van der Waals surface area contributed by atoms with Crippen LogP contribution in [0.15, 0.2) is 42.5 Å². The summed E-state index contributed by atoms with van der Waals surface area (Å²) >= 11 is 0. The van der Waals surface area contributed by atoms with E-state index in [0.29, 0.717) is 5.56 Å². The molecule has 0 radical (unpaired) electrons. The smallest absolute Gasteiger partial charge is 0.128 e. The third-order valence-corrected chi connectivity index (χ3v) is 3.29. The number of aryl methyl sites for hydroxylation is 1. The molecule has 0 heterocycles. The van der Waals surface area contributed by atoms with Gasteiger partial charge in [-0.2, -0.15) is 0 Å². The fourth-order valence-electron chi connectivity index (χ4n) is 2.29. The second kappa shape index (κ2) is 5.85. The molecular formula is C16H18FNO. The van der Waals surface area contributed by atoms with Crippen LogP contribution in [0.4, 0.5) is 4.39 Å². The van der Waals surface area contributed by atoms with Crippen molar-refractivity contribution >= 4 is 0 Å². The lowest BCUT2D eigenvalue weighted by molar-refractivity contribution is 0.414. The van der Waals surface area contributed by atoms with E-state index in [0.717, 1.165) is 16.9 Å². The number of nitrogens with one attached hydrogen (secondary N) is 1. The molecule has 0 aliphatic rings. The van der Waals surface area contributed by atoms with Crippen molar-refractivity contribution in [2.75, 3.05) is 14.2 Å². The lowest BCUT2D eigenvalue weighted by Crippen LogP contribution is -2.19. The zero-order valence-electron chi connectivity index (χ0n) is 11.4. The summed E-state index contributed by atoms with van der Waals surface area (Å²) in [5.41, 5.74) is 2.77. The molecule has 2 aromatic carbocycles. The van der Waals surface area contributed by atoms with Gasteiger partial charge in [0.1, 0.15) is 11.6 Å². The Bertz CT molecular complexity index is 568. The van der Waals surface area contributed by atoms with Crippen LogP contribution in [0.3, 0.4) is 0 Å². The second-order valence-electron chi connectivity index (χ2n) is 4.47. The molecule has 100 valence electrons. The SMILES string of the molecule is CNC(c1ccc(OC)cc1C)c1ccccc1F. The molecule has 0 fully saturated rings. The van der Waals surface area contributed by atoms with Crippen molar-refractivity contribution in [2.45, 2.75) is 13.0 Å². The molecule has 0 aliphatic carbocycles. The Morgan fingerprint density at radius 3 is 2.42 bits per heavy atom. The number of benzene rings is 2. The molecular weight excluding hydrogens is 241 g/mol. The molecule has 1 unspecified atom stereocenters. The highest BCUT2D eigenvalue weighted by atomic mass is 19.1. The van der Waals surface area contributed by atoms with E-state index in [4.69, 9.17) is 4.74 Å². The molecule has 0 spiro atoms. The van der Waals surface area contributed by atoms with Gasteiger partial charge in [-0.25, -0.2) is 4.39 Å². The first kappa shape index (κ1) is 13.6. The number of rotatable bonds is 4. The zero-order chi connectivity index (χ0) is 13.8. The van der Waals surface area contributed by atoms with Crippen molar-refractivity contribution in [3.05, 3.63) is 65.0 Å². The first-order valence-corrected chi connectivity index (χ1v) is 6.23. The van der Waals surface area contributed by atoms with Gasteiger partial charge >= 0.3 is 0 Å². The summed E-state index contributed by atoms with van der Waals surface area (Å²) in [7, 11) is 3.47. The molecule has 0 amide bonds. The van der Waals surface area contributed by atoms with Gasteiger partial charge in [0.15, 0.2) is 0 Å². The van der Waals surface area contributed by atoms with E-state index in [1.165, 1.54) is 6.07 Å². The molecule has 0 saturated carbocycles. The van der Waals surface area contributed by atoms with Crippen LogP contribution < -0.4 is 10.1 Å². The minimum absolute atomic E-state index is 0.160. The first-order chi connectivity index (χ1) is 9.17. The molecule has 1 N–H and O–H groups in total. The number of methoxy groups -OCH3 is 1. The summed E-state index contributed by atoms with van der Waals surface area (Å²) in [6.07, 6.45) is 0. The molecule has 0 aliphatic heterocycles. The summed E-state index contributed by atoms with van der Waals surface area (Å²) in [6, 6.07) is 12.5. The van der Waals surface area contributed by atoms with Crippen LogP contribution in [0.5, 0.6) is 5.75 Å². The zero-order valence-corrected chi connectivity index (χ0v) is 11.4. The normalized spacial score (nSPS) is 12.2. The Morgan fingerprint density at radius 1 is 1.11 bits per heavy atom. The van der Waals surface area contributed by atoms with E-state index < -0.39 is 0 Å². The summed E-state index contributed by atoms with van der Waals surface area (Å²) < 4.78 is 19.1. The van der Waals surface area contributed by atoms with Crippen LogP contribution in [0.1, 0.15) is 22.7 Å². The highest BCUT2D eigenvalue weighted by molar-refractivity contribution is 5.41. The van der Waals surface area contributed by atoms with E-state index in [2.05, 4.69) is 5.32 Å². The highest BCUT2D eigenvalue weighted by Gasteiger charge is 2.17. The maximum absolute atomic E-state index is 13.9. The van der Waals surface area contributed by atoms with E-state index in [1.807, 2.05) is 38.2 Å². The second-order valence-corrected chi connectivity index (χ2v) is 4.47. The van der Waals surface area contributed by atoms with Crippen LogP contribution in [0.25, 0.3) is 0 Å². The van der Waals surface area contributed by atoms with Gasteiger partial charge in [0.2, 0.25) is 0 Å². The predicted octanol–water partition coefficient (Wildman–Crippen LogP) is 3.45. The first-order valence-electron chi connectivity index (χ1n) is 6.23. The number of halogens is 1. The molecule has 1 atom stereocenters. The van der Waals surface area contributed by atoms with Crippen molar-refractivity contribution in [3.8, 4) is 5.75 Å². The standard InChI is InChI=1S/C16H18FNO/c1-11-10-12(19-3)8-9-13(11)16(18-2)14-6-4-5-7-15(14)17/h4-10,16,18H,1-3H3. The van der Waals surface area contributed by atoms with Crippen molar-refractivity contribution in [3.63, 3.8) is 0 Å². The largest absolute Gasteiger partial charge is 0.497 e. The lowest BCUT2D eigenvalue weighted by Gasteiger charge is -2.20. The van der Waals surface area contributed by atoms with Crippen LogP contribution in [-0.4, -0.2) is 14.2 Å². The lowest BCUT2D eigenvalue weighted by atomic mass is 9.94. The molecule has 2 rings (SSSR count). The monoisotopic (exact) mass is 259 g/mol.